The van der Waals surface area contributed by atoms with Crippen LogP contribution in [-0.4, -0.2) is 72.2 Å². The van der Waals surface area contributed by atoms with Crippen molar-refractivity contribution in [3.05, 3.63) is 0 Å². The molecule has 0 N–H and O–H groups in total. The van der Waals surface area contributed by atoms with Gasteiger partial charge in [-0.25, -0.2) is 0 Å². The van der Waals surface area contributed by atoms with Crippen LogP contribution >= 0.6 is 0 Å². The maximum absolute atomic E-state index is 12.0. The van der Waals surface area contributed by atoms with E-state index in [2.05, 4.69) is 9.80 Å². The minimum atomic E-state index is -0.0292. The molecule has 0 aromatic carbocycles. The SMILES string of the molecule is COC(=O)CCC1CCC(N(C2CCC(C3CCCCC3)CC2)C2CCCC(N(C3CCC(CCC(=O)OC)CC3)C3CCC(C4CCCCC4)CC3)C2)CC1. The number of hydrogen-bond donors (Lipinski definition) is 0. The standard InChI is InChI=1S/C50H86N2O4/c1-55-49(53)34-20-37-16-26-43(27-17-37)51(45-30-22-41(23-31-45)39-10-5-3-6-11-39)47-14-9-15-48(36-47)52(44-28-18-38(19-29-44)21-35-50(54)56-2)46-32-24-42(25-33-46)40-12-7-4-8-13-40/h37-48H,3-36H2,1-2H3. The zero-order valence-electron chi connectivity index (χ0n) is 36.5. The van der Waals surface area contributed by atoms with E-state index in [1.165, 1.54) is 193 Å². The second kappa shape index (κ2) is 21.9. The summed E-state index contributed by atoms with van der Waals surface area (Å²) in [4.78, 5) is 30.5. The van der Waals surface area contributed by atoms with Gasteiger partial charge in [-0.3, -0.25) is 19.4 Å². The highest BCUT2D eigenvalue weighted by atomic mass is 16.5. The maximum Gasteiger partial charge on any atom is 0.305 e. The highest BCUT2D eigenvalue weighted by Crippen LogP contribution is 2.46. The Labute approximate surface area is 344 Å². The normalized spacial score (nSPS) is 37.0. The fourth-order valence-corrected chi connectivity index (χ4v) is 14.7. The summed E-state index contributed by atoms with van der Waals surface area (Å²) in [5.41, 5.74) is 0. The van der Waals surface area contributed by atoms with Gasteiger partial charge in [-0.05, 0) is 170 Å². The Morgan fingerprint density at radius 1 is 0.375 bits per heavy atom. The second-order valence-corrected chi connectivity index (χ2v) is 20.9. The average molecular weight is 779 g/mol. The molecule has 0 amide bonds. The Kier molecular flexibility index (Phi) is 16.8. The van der Waals surface area contributed by atoms with Gasteiger partial charge in [-0.15, -0.1) is 0 Å². The summed E-state index contributed by atoms with van der Waals surface area (Å²) in [5, 5.41) is 0. The number of carbonyl (C=O) groups excluding carboxylic acids is 2. The lowest BCUT2D eigenvalue weighted by atomic mass is 9.71. The van der Waals surface area contributed by atoms with Crippen molar-refractivity contribution < 1.29 is 19.1 Å². The van der Waals surface area contributed by atoms with Crippen molar-refractivity contribution in [1.82, 2.24) is 9.80 Å². The zero-order chi connectivity index (χ0) is 38.7. The molecule has 0 bridgehead atoms. The number of rotatable bonds is 14. The Morgan fingerprint density at radius 2 is 0.696 bits per heavy atom. The Hall–Kier alpha value is -1.14. The fraction of sp³-hybridized carbons (Fsp3) is 0.960. The van der Waals surface area contributed by atoms with Crippen molar-refractivity contribution in [2.45, 2.75) is 255 Å². The number of ether oxygens (including phenoxy) is 2. The van der Waals surface area contributed by atoms with Gasteiger partial charge < -0.3 is 9.47 Å². The van der Waals surface area contributed by atoms with Gasteiger partial charge in [0.2, 0.25) is 0 Å². The lowest BCUT2D eigenvalue weighted by molar-refractivity contribution is -0.141. The number of hydrogen-bond acceptors (Lipinski definition) is 6. The van der Waals surface area contributed by atoms with Crippen molar-refractivity contribution in [2.75, 3.05) is 14.2 Å². The summed E-state index contributed by atoms with van der Waals surface area (Å²) in [7, 11) is 3.08. The van der Waals surface area contributed by atoms with Crippen LogP contribution in [0.3, 0.4) is 0 Å². The minimum absolute atomic E-state index is 0.0292. The molecule has 7 aliphatic rings. The summed E-state index contributed by atoms with van der Waals surface area (Å²) in [6.45, 7) is 0. The molecule has 0 spiro atoms. The van der Waals surface area contributed by atoms with Crippen molar-refractivity contribution in [3.8, 4) is 0 Å². The summed E-state index contributed by atoms with van der Waals surface area (Å²) >= 11 is 0. The van der Waals surface area contributed by atoms with Gasteiger partial charge in [0.15, 0.2) is 0 Å². The molecule has 0 aromatic heterocycles. The van der Waals surface area contributed by atoms with Crippen molar-refractivity contribution >= 4 is 11.9 Å². The van der Waals surface area contributed by atoms with Gasteiger partial charge in [0.25, 0.3) is 0 Å². The Bertz CT molecular complexity index is 1060. The van der Waals surface area contributed by atoms with E-state index in [-0.39, 0.29) is 11.9 Å². The molecule has 2 atom stereocenters. The molecule has 2 unspecified atom stereocenters. The number of esters is 2. The predicted molar refractivity (Wildman–Crippen MR) is 228 cm³/mol. The maximum atomic E-state index is 12.0. The molecule has 0 heterocycles. The lowest BCUT2D eigenvalue weighted by Crippen LogP contribution is -2.58. The van der Waals surface area contributed by atoms with Crippen LogP contribution in [0.15, 0.2) is 0 Å². The van der Waals surface area contributed by atoms with E-state index < -0.39 is 0 Å². The second-order valence-electron chi connectivity index (χ2n) is 20.9. The largest absolute Gasteiger partial charge is 0.469 e. The third-order valence-electron chi connectivity index (χ3n) is 17.9. The third kappa shape index (κ3) is 11.6. The van der Waals surface area contributed by atoms with Crippen LogP contribution in [0.2, 0.25) is 0 Å². The van der Waals surface area contributed by atoms with E-state index in [1.54, 1.807) is 14.2 Å². The zero-order valence-corrected chi connectivity index (χ0v) is 36.5. The lowest BCUT2D eigenvalue weighted by Gasteiger charge is -2.54. The smallest absolute Gasteiger partial charge is 0.305 e. The molecule has 320 valence electrons. The van der Waals surface area contributed by atoms with Gasteiger partial charge in [0, 0.05) is 49.1 Å². The molecule has 7 saturated carbocycles. The monoisotopic (exact) mass is 779 g/mol. The van der Waals surface area contributed by atoms with Crippen LogP contribution in [0.4, 0.5) is 0 Å². The first-order valence-electron chi connectivity index (χ1n) is 25.2. The summed E-state index contributed by atoms with van der Waals surface area (Å²) in [6, 6.07) is 4.49. The first-order chi connectivity index (χ1) is 27.5. The molecule has 7 fully saturated rings. The van der Waals surface area contributed by atoms with Gasteiger partial charge >= 0.3 is 11.9 Å². The molecule has 7 rings (SSSR count). The molecule has 6 heteroatoms. The van der Waals surface area contributed by atoms with E-state index in [9.17, 15) is 9.59 Å². The number of nitrogens with zero attached hydrogens (tertiary/aromatic N) is 2. The van der Waals surface area contributed by atoms with E-state index in [4.69, 9.17) is 9.47 Å². The predicted octanol–water partition coefficient (Wildman–Crippen LogP) is 12.2. The number of methoxy groups -OCH3 is 2. The quantitative estimate of drug-likeness (QED) is 0.164. The molecular formula is C50H86N2O4. The first-order valence-corrected chi connectivity index (χ1v) is 25.2. The van der Waals surface area contributed by atoms with E-state index in [1.807, 2.05) is 0 Å². The summed E-state index contributed by atoms with van der Waals surface area (Å²) in [6.07, 6.45) is 45.9. The molecule has 0 aliphatic heterocycles. The highest BCUT2D eigenvalue weighted by Gasteiger charge is 2.44. The minimum Gasteiger partial charge on any atom is -0.469 e. The molecule has 56 heavy (non-hydrogen) atoms. The fourth-order valence-electron chi connectivity index (χ4n) is 14.7. The van der Waals surface area contributed by atoms with Crippen molar-refractivity contribution in [2.24, 2.45) is 35.5 Å². The highest BCUT2D eigenvalue weighted by molar-refractivity contribution is 5.69. The van der Waals surface area contributed by atoms with Gasteiger partial charge in [0.05, 0.1) is 14.2 Å². The third-order valence-corrected chi connectivity index (χ3v) is 17.9. The summed E-state index contributed by atoms with van der Waals surface area (Å²) < 4.78 is 10.0. The molecule has 0 aromatic rings. The van der Waals surface area contributed by atoms with E-state index in [0.29, 0.717) is 24.7 Å². The van der Waals surface area contributed by atoms with Crippen LogP contribution in [0.1, 0.15) is 218 Å². The molecule has 0 saturated heterocycles. The van der Waals surface area contributed by atoms with Crippen LogP contribution in [0.25, 0.3) is 0 Å². The van der Waals surface area contributed by atoms with Gasteiger partial charge in [0.1, 0.15) is 0 Å². The van der Waals surface area contributed by atoms with Gasteiger partial charge in [-0.2, -0.15) is 0 Å². The van der Waals surface area contributed by atoms with Crippen LogP contribution in [0, 0.1) is 35.5 Å². The average Bonchev–Trinajstić information content (AvgIpc) is 3.27. The van der Waals surface area contributed by atoms with E-state index >= 15 is 0 Å². The number of carbonyl (C=O) groups is 2. The van der Waals surface area contributed by atoms with Crippen molar-refractivity contribution in [3.63, 3.8) is 0 Å². The van der Waals surface area contributed by atoms with E-state index in [0.717, 1.165) is 72.8 Å². The Morgan fingerprint density at radius 3 is 1.04 bits per heavy atom. The van der Waals surface area contributed by atoms with Crippen LogP contribution in [0.5, 0.6) is 0 Å². The summed E-state index contributed by atoms with van der Waals surface area (Å²) in [5.74, 6) is 5.33. The van der Waals surface area contributed by atoms with Crippen LogP contribution in [-0.2, 0) is 19.1 Å². The molecule has 0 radical (unpaired) electrons. The Balaban J connectivity index is 1.04. The van der Waals surface area contributed by atoms with Gasteiger partial charge in [-0.1, -0.05) is 70.6 Å². The van der Waals surface area contributed by atoms with Crippen molar-refractivity contribution in [1.29, 1.82) is 0 Å². The van der Waals surface area contributed by atoms with Crippen LogP contribution < -0.4 is 0 Å². The molecule has 6 nitrogen and oxygen atoms in total. The molecule has 7 aliphatic carbocycles. The topological polar surface area (TPSA) is 59.1 Å². The molecular weight excluding hydrogens is 693 g/mol. The first kappa shape index (κ1) is 43.0.